The van der Waals surface area contributed by atoms with Crippen molar-refractivity contribution in [2.24, 2.45) is 0 Å². The minimum atomic E-state index is -0.225. The fourth-order valence-corrected chi connectivity index (χ4v) is 2.98. The zero-order valence-electron chi connectivity index (χ0n) is 16.6. The Hall–Kier alpha value is -3.78. The molecule has 0 aliphatic rings. The minimum Gasteiger partial charge on any atom is -0.385 e. The number of nitrogens with one attached hydrogen (secondary N) is 3. The molecule has 0 spiro atoms. The number of carbonyl (C=O) groups is 1. The first-order chi connectivity index (χ1) is 14.7. The molecule has 0 fully saturated rings. The first kappa shape index (κ1) is 19.5. The van der Waals surface area contributed by atoms with Gasteiger partial charge in [-0.25, -0.2) is 9.97 Å². The number of hydrogen-bond donors (Lipinski definition) is 3. The van der Waals surface area contributed by atoms with Crippen molar-refractivity contribution in [1.29, 1.82) is 0 Å². The van der Waals surface area contributed by atoms with Gasteiger partial charge in [-0.2, -0.15) is 0 Å². The number of imidazole rings is 1. The van der Waals surface area contributed by atoms with Gasteiger partial charge in [0.15, 0.2) is 5.82 Å². The smallest absolute Gasteiger partial charge is 0.257 e. The number of pyridine rings is 2. The number of ether oxygens (including phenoxy) is 1. The molecule has 0 unspecified atom stereocenters. The van der Waals surface area contributed by atoms with Crippen LogP contribution in [-0.2, 0) is 4.74 Å². The van der Waals surface area contributed by atoms with Crippen LogP contribution >= 0.6 is 0 Å². The van der Waals surface area contributed by atoms with Gasteiger partial charge in [0.25, 0.3) is 5.91 Å². The molecule has 1 aromatic carbocycles. The van der Waals surface area contributed by atoms with Gasteiger partial charge >= 0.3 is 0 Å². The lowest BCUT2D eigenvalue weighted by molar-refractivity contribution is 0.102. The van der Waals surface area contributed by atoms with Crippen molar-refractivity contribution in [3.8, 4) is 11.5 Å². The van der Waals surface area contributed by atoms with Crippen molar-refractivity contribution in [3.63, 3.8) is 0 Å². The third-order valence-electron chi connectivity index (χ3n) is 4.50. The molecule has 3 aromatic heterocycles. The molecule has 30 heavy (non-hydrogen) atoms. The highest BCUT2D eigenvalue weighted by molar-refractivity contribution is 6.04. The molecular weight excluding hydrogens is 380 g/mol. The fourth-order valence-electron chi connectivity index (χ4n) is 2.98. The van der Waals surface area contributed by atoms with Crippen LogP contribution < -0.4 is 10.6 Å². The van der Waals surface area contributed by atoms with Gasteiger partial charge in [-0.05, 0) is 48.9 Å². The number of H-pyrrole nitrogens is 1. The molecule has 0 aliphatic carbocycles. The predicted octanol–water partition coefficient (Wildman–Crippen LogP) is 3.72. The van der Waals surface area contributed by atoms with Gasteiger partial charge in [-0.15, -0.1) is 0 Å². The number of amides is 1. The zero-order valence-corrected chi connectivity index (χ0v) is 16.6. The van der Waals surface area contributed by atoms with E-state index in [9.17, 15) is 4.79 Å². The number of benzene rings is 1. The highest BCUT2D eigenvalue weighted by Crippen LogP contribution is 2.22. The van der Waals surface area contributed by atoms with Gasteiger partial charge in [0.05, 0.1) is 16.6 Å². The first-order valence-corrected chi connectivity index (χ1v) is 9.64. The Balaban J connectivity index is 1.42. The lowest BCUT2D eigenvalue weighted by Crippen LogP contribution is -2.13. The first-order valence-electron chi connectivity index (χ1n) is 9.64. The third kappa shape index (κ3) is 4.61. The average molecular weight is 402 g/mol. The van der Waals surface area contributed by atoms with Crippen molar-refractivity contribution in [1.82, 2.24) is 19.9 Å². The summed E-state index contributed by atoms with van der Waals surface area (Å²) in [6.07, 6.45) is 4.17. The molecule has 0 saturated carbocycles. The molecule has 4 aromatic rings. The van der Waals surface area contributed by atoms with E-state index in [4.69, 9.17) is 4.74 Å². The molecule has 0 saturated heterocycles. The lowest BCUT2D eigenvalue weighted by Gasteiger charge is -2.07. The number of carbonyl (C=O) groups excluding carboxylic acids is 1. The maximum atomic E-state index is 12.6. The molecule has 8 heteroatoms. The second-order valence-corrected chi connectivity index (χ2v) is 6.69. The van der Waals surface area contributed by atoms with E-state index in [1.54, 1.807) is 31.6 Å². The van der Waals surface area contributed by atoms with Crippen LogP contribution in [0.3, 0.4) is 0 Å². The second-order valence-electron chi connectivity index (χ2n) is 6.69. The number of aromatic nitrogens is 4. The van der Waals surface area contributed by atoms with Crippen LogP contribution in [0.4, 0.5) is 11.5 Å². The maximum Gasteiger partial charge on any atom is 0.257 e. The summed E-state index contributed by atoms with van der Waals surface area (Å²) in [7, 11) is 1.68. The lowest BCUT2D eigenvalue weighted by atomic mass is 10.2. The number of methoxy groups -OCH3 is 1. The van der Waals surface area contributed by atoms with Crippen molar-refractivity contribution in [2.75, 3.05) is 30.9 Å². The topological polar surface area (TPSA) is 105 Å². The standard InChI is InChI=1S/C22H22N6O2/c1-30-12-4-11-24-20-9-6-15(14-25-20)22(29)26-16-7-8-17-19(13-16)28-21(27-17)18-5-2-3-10-23-18/h2-3,5-10,13-14H,4,11-12H2,1H3,(H,24,25)(H,26,29)(H,27,28). The van der Waals surface area contributed by atoms with Crippen molar-refractivity contribution in [2.45, 2.75) is 6.42 Å². The van der Waals surface area contributed by atoms with Crippen molar-refractivity contribution < 1.29 is 9.53 Å². The molecule has 0 radical (unpaired) electrons. The Kier molecular flexibility index (Phi) is 5.95. The largest absolute Gasteiger partial charge is 0.385 e. The Morgan fingerprint density at radius 2 is 2.07 bits per heavy atom. The fraction of sp³-hybridized carbons (Fsp3) is 0.182. The molecule has 3 heterocycles. The van der Waals surface area contributed by atoms with E-state index >= 15 is 0 Å². The number of hydrogen-bond acceptors (Lipinski definition) is 6. The quantitative estimate of drug-likeness (QED) is 0.388. The van der Waals surface area contributed by atoms with Gasteiger partial charge in [0, 0.05) is 38.3 Å². The van der Waals surface area contributed by atoms with Crippen molar-refractivity contribution >= 4 is 28.4 Å². The number of fused-ring (bicyclic) bond motifs is 1. The average Bonchev–Trinajstić information content (AvgIpc) is 3.21. The van der Waals surface area contributed by atoms with E-state index in [-0.39, 0.29) is 5.91 Å². The molecule has 0 aliphatic heterocycles. The molecule has 4 rings (SSSR count). The van der Waals surface area contributed by atoms with Crippen molar-refractivity contribution in [3.05, 3.63) is 66.5 Å². The summed E-state index contributed by atoms with van der Waals surface area (Å²) in [5, 5.41) is 6.09. The highest BCUT2D eigenvalue weighted by atomic mass is 16.5. The molecule has 3 N–H and O–H groups in total. The normalized spacial score (nSPS) is 10.8. The molecule has 152 valence electrons. The maximum absolute atomic E-state index is 12.6. The molecular formula is C22H22N6O2. The predicted molar refractivity (Wildman–Crippen MR) is 116 cm³/mol. The van der Waals surface area contributed by atoms with Crippen LogP contribution in [0.15, 0.2) is 60.9 Å². The number of nitrogens with zero attached hydrogens (tertiary/aromatic N) is 3. The summed E-state index contributed by atoms with van der Waals surface area (Å²) >= 11 is 0. The van der Waals surface area contributed by atoms with Crippen LogP contribution in [0.5, 0.6) is 0 Å². The highest BCUT2D eigenvalue weighted by Gasteiger charge is 2.10. The van der Waals surface area contributed by atoms with E-state index in [1.165, 1.54) is 0 Å². The Labute approximate surface area is 173 Å². The van der Waals surface area contributed by atoms with E-state index in [2.05, 4.69) is 30.6 Å². The number of rotatable bonds is 8. The second kappa shape index (κ2) is 9.15. The Morgan fingerprint density at radius 3 is 2.83 bits per heavy atom. The molecule has 0 atom stereocenters. The van der Waals surface area contributed by atoms with E-state index in [1.807, 2.05) is 36.4 Å². The summed E-state index contributed by atoms with van der Waals surface area (Å²) in [6, 6.07) is 14.7. The van der Waals surface area contributed by atoms with E-state index in [0.717, 1.165) is 35.5 Å². The Bertz CT molecular complexity index is 1130. The van der Waals surface area contributed by atoms with E-state index < -0.39 is 0 Å². The molecule has 1 amide bonds. The summed E-state index contributed by atoms with van der Waals surface area (Å²) in [4.78, 5) is 29.0. The van der Waals surface area contributed by atoms with Crippen LogP contribution in [0, 0.1) is 0 Å². The third-order valence-corrected chi connectivity index (χ3v) is 4.50. The van der Waals surface area contributed by atoms with Gasteiger partial charge in [0.1, 0.15) is 11.5 Å². The number of anilines is 2. The summed E-state index contributed by atoms with van der Waals surface area (Å²) in [6.45, 7) is 1.45. The number of aromatic amines is 1. The minimum absolute atomic E-state index is 0.225. The summed E-state index contributed by atoms with van der Waals surface area (Å²) < 4.78 is 5.01. The SMILES string of the molecule is COCCCNc1ccc(C(=O)Nc2ccc3nc(-c4ccccn4)[nH]c3c2)cn1. The van der Waals surface area contributed by atoms with Gasteiger partial charge < -0.3 is 20.4 Å². The van der Waals surface area contributed by atoms with Crippen LogP contribution in [0.1, 0.15) is 16.8 Å². The monoisotopic (exact) mass is 402 g/mol. The summed E-state index contributed by atoms with van der Waals surface area (Å²) in [5.74, 6) is 1.19. The molecule has 8 nitrogen and oxygen atoms in total. The van der Waals surface area contributed by atoms with Crippen LogP contribution in [0.2, 0.25) is 0 Å². The van der Waals surface area contributed by atoms with Crippen LogP contribution in [-0.4, -0.2) is 46.1 Å². The van der Waals surface area contributed by atoms with E-state index in [0.29, 0.717) is 23.7 Å². The van der Waals surface area contributed by atoms with Gasteiger partial charge in [0.2, 0.25) is 0 Å². The van der Waals surface area contributed by atoms with Gasteiger partial charge in [-0.1, -0.05) is 6.07 Å². The van der Waals surface area contributed by atoms with Gasteiger partial charge in [-0.3, -0.25) is 9.78 Å². The summed E-state index contributed by atoms with van der Waals surface area (Å²) in [5.41, 5.74) is 3.55. The van der Waals surface area contributed by atoms with Crippen LogP contribution in [0.25, 0.3) is 22.6 Å². The zero-order chi connectivity index (χ0) is 20.8. The Morgan fingerprint density at radius 1 is 1.13 bits per heavy atom. The molecule has 0 bridgehead atoms.